The molecule has 0 aliphatic carbocycles. The average molecular weight is 589 g/mol. The van der Waals surface area contributed by atoms with E-state index >= 15 is 8.78 Å². The molecule has 2 aromatic rings. The molecular weight excluding hydrogens is 554 g/mol. The molecule has 2 aliphatic rings. The van der Waals surface area contributed by atoms with Gasteiger partial charge in [0.25, 0.3) is 0 Å². The van der Waals surface area contributed by atoms with Crippen molar-refractivity contribution < 1.29 is 37.4 Å². The van der Waals surface area contributed by atoms with Crippen molar-refractivity contribution in [3.05, 3.63) is 48.0 Å². The molecule has 2 atom stereocenters. The number of benzene rings is 2. The first-order chi connectivity index (χ1) is 19.9. The van der Waals surface area contributed by atoms with E-state index in [1.165, 1.54) is 34.1 Å². The number of hydrogen-bond donors (Lipinski definition) is 2. The molecule has 12 nitrogen and oxygen atoms in total. The zero-order chi connectivity index (χ0) is 30.6. The predicted octanol–water partition coefficient (Wildman–Crippen LogP) is 1.64. The summed E-state index contributed by atoms with van der Waals surface area (Å²) in [4.78, 5) is 54.4. The van der Waals surface area contributed by atoms with Crippen LogP contribution in [0.3, 0.4) is 0 Å². The fourth-order valence-corrected chi connectivity index (χ4v) is 4.60. The Morgan fingerprint density at radius 1 is 0.762 bits per heavy atom. The quantitative estimate of drug-likeness (QED) is 0.406. The zero-order valence-corrected chi connectivity index (χ0v) is 23.9. The number of anilines is 2. The van der Waals surface area contributed by atoms with E-state index in [2.05, 4.69) is 10.6 Å². The second-order valence-electron chi connectivity index (χ2n) is 10.6. The van der Waals surface area contributed by atoms with Crippen LogP contribution in [0.2, 0.25) is 0 Å². The van der Waals surface area contributed by atoms with Crippen molar-refractivity contribution >= 4 is 35.4 Å². The largest absolute Gasteiger partial charge is 0.442 e. The van der Waals surface area contributed by atoms with Crippen molar-refractivity contribution in [2.24, 2.45) is 0 Å². The fourth-order valence-electron chi connectivity index (χ4n) is 4.60. The van der Waals surface area contributed by atoms with E-state index in [4.69, 9.17) is 9.47 Å². The van der Waals surface area contributed by atoms with Crippen molar-refractivity contribution in [3.8, 4) is 11.1 Å². The van der Waals surface area contributed by atoms with Crippen LogP contribution < -0.4 is 20.4 Å². The van der Waals surface area contributed by atoms with Crippen molar-refractivity contribution in [2.75, 3.05) is 77.3 Å². The van der Waals surface area contributed by atoms with Gasteiger partial charge in [-0.05, 0) is 64.6 Å². The Balaban J connectivity index is 1.39. The number of rotatable bonds is 11. The number of halogens is 2. The number of carbonyl (C=O) groups excluding carboxylic acids is 4. The molecule has 0 radical (unpaired) electrons. The second kappa shape index (κ2) is 13.1. The van der Waals surface area contributed by atoms with E-state index in [0.717, 1.165) is 12.1 Å². The molecule has 2 N–H and O–H groups in total. The standard InChI is InChI=1S/C28H34F2N6O6/c1-33(2)15-25(37)31-11-19-13-35(27(39)41-19)17-5-7-21(23(29)9-17)22-8-6-18(10-24(22)30)36-14-20(42-28(36)40)12-32-26(38)16-34(3)4/h5-10,19-20H,11-16H2,1-4H3,(H,31,37)(H,32,38)/t19-,20-/m0/s1. The third-order valence-corrected chi connectivity index (χ3v) is 6.54. The molecule has 14 heteroatoms. The van der Waals surface area contributed by atoms with E-state index in [0.29, 0.717) is 0 Å². The minimum atomic E-state index is -0.760. The van der Waals surface area contributed by atoms with Crippen LogP contribution in [0.4, 0.5) is 29.7 Å². The molecule has 0 spiro atoms. The molecule has 2 aromatic carbocycles. The number of hydrogen-bond acceptors (Lipinski definition) is 8. The fraction of sp³-hybridized carbons (Fsp3) is 0.429. The van der Waals surface area contributed by atoms with Gasteiger partial charge in [-0.1, -0.05) is 0 Å². The molecule has 0 saturated carbocycles. The molecular formula is C28H34F2N6O6. The van der Waals surface area contributed by atoms with Gasteiger partial charge in [0.2, 0.25) is 11.8 Å². The maximum Gasteiger partial charge on any atom is 0.414 e. The first kappa shape index (κ1) is 30.7. The number of nitrogens with one attached hydrogen (secondary N) is 2. The topological polar surface area (TPSA) is 124 Å². The van der Waals surface area contributed by atoms with Crippen LogP contribution in [0.25, 0.3) is 11.1 Å². The molecule has 0 bridgehead atoms. The van der Waals surface area contributed by atoms with Gasteiger partial charge in [0.1, 0.15) is 23.8 Å². The highest BCUT2D eigenvalue weighted by molar-refractivity contribution is 5.91. The summed E-state index contributed by atoms with van der Waals surface area (Å²) in [6, 6.07) is 7.91. The molecule has 42 heavy (non-hydrogen) atoms. The van der Waals surface area contributed by atoms with Crippen LogP contribution in [-0.2, 0) is 19.1 Å². The Bertz CT molecular complexity index is 1250. The monoisotopic (exact) mass is 588 g/mol. The summed E-state index contributed by atoms with van der Waals surface area (Å²) >= 11 is 0. The highest BCUT2D eigenvalue weighted by Gasteiger charge is 2.34. The van der Waals surface area contributed by atoms with Crippen LogP contribution in [0.15, 0.2) is 36.4 Å². The van der Waals surface area contributed by atoms with E-state index in [1.54, 1.807) is 38.0 Å². The van der Waals surface area contributed by atoms with Crippen LogP contribution in [0.1, 0.15) is 0 Å². The Morgan fingerprint density at radius 3 is 1.48 bits per heavy atom. The van der Waals surface area contributed by atoms with Gasteiger partial charge in [0.05, 0.1) is 50.6 Å². The summed E-state index contributed by atoms with van der Waals surface area (Å²) in [5, 5.41) is 5.38. The molecule has 2 fully saturated rings. The number of ether oxygens (including phenoxy) is 2. The summed E-state index contributed by atoms with van der Waals surface area (Å²) in [5.74, 6) is -1.96. The van der Waals surface area contributed by atoms with Crippen LogP contribution in [-0.4, -0.2) is 113 Å². The summed E-state index contributed by atoms with van der Waals surface area (Å²) in [5.41, 5.74) is 0.384. The lowest BCUT2D eigenvalue weighted by molar-refractivity contribution is -0.122. The predicted molar refractivity (Wildman–Crippen MR) is 150 cm³/mol. The SMILES string of the molecule is CN(C)CC(=O)NC[C@H]1CN(c2ccc(-c3ccc(N4C[C@H](CNC(=O)CN(C)C)OC4=O)cc3F)c(F)c2)C(=O)O1. The molecule has 2 heterocycles. The summed E-state index contributed by atoms with van der Waals surface area (Å²) in [6.07, 6.45) is -2.58. The third-order valence-electron chi connectivity index (χ3n) is 6.54. The van der Waals surface area contributed by atoms with Crippen molar-refractivity contribution in [1.29, 1.82) is 0 Å². The Kier molecular flexibility index (Phi) is 9.58. The van der Waals surface area contributed by atoms with Crippen LogP contribution in [0, 0.1) is 11.6 Å². The summed E-state index contributed by atoms with van der Waals surface area (Å²) in [6.45, 7) is 0.819. The van der Waals surface area contributed by atoms with Gasteiger partial charge in [0, 0.05) is 11.1 Å². The van der Waals surface area contributed by atoms with E-state index in [9.17, 15) is 19.2 Å². The lowest BCUT2D eigenvalue weighted by Crippen LogP contribution is -2.39. The molecule has 0 aromatic heterocycles. The van der Waals surface area contributed by atoms with Crippen LogP contribution in [0.5, 0.6) is 0 Å². The first-order valence-electron chi connectivity index (χ1n) is 13.3. The first-order valence-corrected chi connectivity index (χ1v) is 13.3. The molecule has 4 rings (SSSR count). The normalized spacial score (nSPS) is 18.5. The summed E-state index contributed by atoms with van der Waals surface area (Å²) in [7, 11) is 7.02. The molecule has 0 unspecified atom stereocenters. The zero-order valence-electron chi connectivity index (χ0n) is 23.9. The second-order valence-corrected chi connectivity index (χ2v) is 10.6. The van der Waals surface area contributed by atoms with E-state index in [-0.39, 0.29) is 73.6 Å². The number of cyclic esters (lactones) is 2. The summed E-state index contributed by atoms with van der Waals surface area (Å²) < 4.78 is 40.9. The average Bonchev–Trinajstić information content (AvgIpc) is 3.47. The van der Waals surface area contributed by atoms with E-state index in [1.807, 2.05) is 0 Å². The third kappa shape index (κ3) is 7.50. The Morgan fingerprint density at radius 2 is 1.14 bits per heavy atom. The van der Waals surface area contributed by atoms with Gasteiger partial charge in [-0.2, -0.15) is 0 Å². The Labute approximate surface area is 242 Å². The van der Waals surface area contributed by atoms with Crippen LogP contribution >= 0.6 is 0 Å². The molecule has 2 aliphatic heterocycles. The lowest BCUT2D eigenvalue weighted by Gasteiger charge is -2.16. The highest BCUT2D eigenvalue weighted by atomic mass is 19.1. The minimum absolute atomic E-state index is 0.0339. The highest BCUT2D eigenvalue weighted by Crippen LogP contribution is 2.33. The minimum Gasteiger partial charge on any atom is -0.442 e. The number of likely N-dealkylation sites (N-methyl/N-ethyl adjacent to an activating group) is 2. The van der Waals surface area contributed by atoms with Gasteiger partial charge in [-0.3, -0.25) is 19.4 Å². The Hall–Kier alpha value is -4.30. The lowest BCUT2D eigenvalue weighted by atomic mass is 10.0. The maximum absolute atomic E-state index is 15.2. The van der Waals surface area contributed by atoms with Gasteiger partial charge >= 0.3 is 12.2 Å². The van der Waals surface area contributed by atoms with Gasteiger partial charge in [-0.25, -0.2) is 18.4 Å². The number of nitrogens with zero attached hydrogens (tertiary/aromatic N) is 4. The van der Waals surface area contributed by atoms with Crippen molar-refractivity contribution in [1.82, 2.24) is 20.4 Å². The molecule has 2 saturated heterocycles. The van der Waals surface area contributed by atoms with Gasteiger partial charge in [-0.15, -0.1) is 0 Å². The molecule has 4 amide bonds. The van der Waals surface area contributed by atoms with E-state index < -0.39 is 36.0 Å². The van der Waals surface area contributed by atoms with Gasteiger partial charge in [0.15, 0.2) is 0 Å². The van der Waals surface area contributed by atoms with Crippen molar-refractivity contribution in [2.45, 2.75) is 12.2 Å². The maximum atomic E-state index is 15.2. The van der Waals surface area contributed by atoms with Crippen molar-refractivity contribution in [3.63, 3.8) is 0 Å². The molecule has 226 valence electrons. The van der Waals surface area contributed by atoms with Gasteiger partial charge < -0.3 is 29.9 Å². The number of amides is 4. The smallest absolute Gasteiger partial charge is 0.414 e. The number of carbonyl (C=O) groups is 4.